The zero-order chi connectivity index (χ0) is 8.27. The number of ether oxygens (including phenoxy) is 1. The van der Waals surface area contributed by atoms with Crippen LogP contribution >= 0.6 is 0 Å². The van der Waals surface area contributed by atoms with Crippen molar-refractivity contribution in [1.82, 2.24) is 0 Å². The number of esters is 1. The van der Waals surface area contributed by atoms with E-state index in [9.17, 15) is 9.90 Å². The monoisotopic (exact) mass is 158 g/mol. The Balaban J connectivity index is 2.30. The van der Waals surface area contributed by atoms with Crippen molar-refractivity contribution in [3.63, 3.8) is 0 Å². The summed E-state index contributed by atoms with van der Waals surface area (Å²) >= 11 is 0. The third-order valence-electron chi connectivity index (χ3n) is 1.99. The fourth-order valence-corrected chi connectivity index (χ4v) is 1.30. The highest BCUT2D eigenvalue weighted by Gasteiger charge is 2.27. The number of aliphatic hydroxyl groups excluding tert-OH is 1. The summed E-state index contributed by atoms with van der Waals surface area (Å²) in [7, 11) is 0. The summed E-state index contributed by atoms with van der Waals surface area (Å²) in [5.41, 5.74) is 0. The van der Waals surface area contributed by atoms with Crippen molar-refractivity contribution in [2.45, 2.75) is 44.8 Å². The molecule has 0 aromatic heterocycles. The van der Waals surface area contributed by atoms with Crippen molar-refractivity contribution < 1.29 is 14.6 Å². The fraction of sp³-hybridized carbons (Fsp3) is 0.875. The molecule has 1 N–H and O–H groups in total. The lowest BCUT2D eigenvalue weighted by molar-refractivity contribution is -0.152. The SMILES string of the molecule is CCC(=O)OC1CCCC1O. The lowest BCUT2D eigenvalue weighted by Gasteiger charge is -2.14. The minimum absolute atomic E-state index is 0.212. The molecule has 1 saturated carbocycles. The molecule has 1 aliphatic rings. The van der Waals surface area contributed by atoms with Gasteiger partial charge >= 0.3 is 5.97 Å². The van der Waals surface area contributed by atoms with Crippen molar-refractivity contribution >= 4 is 5.97 Å². The molecule has 3 nitrogen and oxygen atoms in total. The number of hydrogen-bond donors (Lipinski definition) is 1. The molecule has 0 spiro atoms. The van der Waals surface area contributed by atoms with Crippen LogP contribution in [0, 0.1) is 0 Å². The molecule has 0 radical (unpaired) electrons. The van der Waals surface area contributed by atoms with Gasteiger partial charge in [-0.15, -0.1) is 0 Å². The summed E-state index contributed by atoms with van der Waals surface area (Å²) < 4.78 is 4.98. The smallest absolute Gasteiger partial charge is 0.305 e. The zero-order valence-corrected chi connectivity index (χ0v) is 6.75. The highest BCUT2D eigenvalue weighted by molar-refractivity contribution is 5.69. The van der Waals surface area contributed by atoms with Crippen LogP contribution in [0.5, 0.6) is 0 Å². The summed E-state index contributed by atoms with van der Waals surface area (Å²) in [6.07, 6.45) is 2.27. The van der Waals surface area contributed by atoms with Gasteiger partial charge in [0.15, 0.2) is 0 Å². The van der Waals surface area contributed by atoms with Crippen molar-refractivity contribution in [3.8, 4) is 0 Å². The molecule has 0 heterocycles. The van der Waals surface area contributed by atoms with Crippen molar-refractivity contribution in [2.75, 3.05) is 0 Å². The quantitative estimate of drug-likeness (QED) is 0.606. The Kier molecular flexibility index (Phi) is 2.88. The van der Waals surface area contributed by atoms with Crippen LogP contribution in [0.2, 0.25) is 0 Å². The molecule has 2 atom stereocenters. The largest absolute Gasteiger partial charge is 0.460 e. The second-order valence-electron chi connectivity index (χ2n) is 2.88. The maximum Gasteiger partial charge on any atom is 0.305 e. The number of carbonyl (C=O) groups is 1. The van der Waals surface area contributed by atoms with E-state index >= 15 is 0 Å². The van der Waals surface area contributed by atoms with Crippen LogP contribution in [-0.2, 0) is 9.53 Å². The molecule has 11 heavy (non-hydrogen) atoms. The van der Waals surface area contributed by atoms with Gasteiger partial charge in [0.05, 0.1) is 6.10 Å². The van der Waals surface area contributed by atoms with Crippen LogP contribution in [-0.4, -0.2) is 23.3 Å². The Morgan fingerprint density at radius 2 is 2.36 bits per heavy atom. The van der Waals surface area contributed by atoms with Gasteiger partial charge in [0.2, 0.25) is 0 Å². The average Bonchev–Trinajstić information content (AvgIpc) is 2.37. The van der Waals surface area contributed by atoms with Gasteiger partial charge in [0.1, 0.15) is 6.10 Å². The Morgan fingerprint density at radius 1 is 1.64 bits per heavy atom. The van der Waals surface area contributed by atoms with Crippen LogP contribution in [0.1, 0.15) is 32.6 Å². The molecule has 0 aromatic carbocycles. The van der Waals surface area contributed by atoms with Gasteiger partial charge in [-0.25, -0.2) is 0 Å². The molecule has 64 valence electrons. The molecule has 0 aromatic rings. The highest BCUT2D eigenvalue weighted by Crippen LogP contribution is 2.21. The topological polar surface area (TPSA) is 46.5 Å². The van der Waals surface area contributed by atoms with E-state index in [1.165, 1.54) is 0 Å². The van der Waals surface area contributed by atoms with E-state index in [4.69, 9.17) is 4.74 Å². The van der Waals surface area contributed by atoms with Crippen molar-refractivity contribution in [1.29, 1.82) is 0 Å². The van der Waals surface area contributed by atoms with Crippen molar-refractivity contribution in [2.24, 2.45) is 0 Å². The van der Waals surface area contributed by atoms with E-state index in [2.05, 4.69) is 0 Å². The summed E-state index contributed by atoms with van der Waals surface area (Å²) in [5, 5.41) is 9.26. The van der Waals surface area contributed by atoms with E-state index in [1.807, 2.05) is 0 Å². The van der Waals surface area contributed by atoms with Gasteiger partial charge < -0.3 is 9.84 Å². The maximum atomic E-state index is 10.8. The maximum absolute atomic E-state index is 10.8. The number of aliphatic hydroxyl groups is 1. The van der Waals surface area contributed by atoms with Gasteiger partial charge in [0, 0.05) is 6.42 Å². The molecule has 3 heteroatoms. The Labute approximate surface area is 66.4 Å². The second kappa shape index (κ2) is 3.72. The first-order valence-electron chi connectivity index (χ1n) is 4.11. The third kappa shape index (κ3) is 2.19. The molecule has 1 aliphatic carbocycles. The number of hydrogen-bond acceptors (Lipinski definition) is 3. The average molecular weight is 158 g/mol. The number of carbonyl (C=O) groups excluding carboxylic acids is 1. The van der Waals surface area contributed by atoms with Gasteiger partial charge in [-0.2, -0.15) is 0 Å². The molecule has 1 rings (SSSR count). The van der Waals surface area contributed by atoms with Gasteiger partial charge in [-0.05, 0) is 19.3 Å². The van der Waals surface area contributed by atoms with Crippen LogP contribution in [0.25, 0.3) is 0 Å². The molecule has 1 fully saturated rings. The fourth-order valence-electron chi connectivity index (χ4n) is 1.30. The molecule has 0 saturated heterocycles. The van der Waals surface area contributed by atoms with E-state index < -0.39 is 6.10 Å². The predicted molar refractivity (Wildman–Crippen MR) is 40.0 cm³/mol. The first-order chi connectivity index (χ1) is 5.24. The molecular formula is C8H14O3. The lowest BCUT2D eigenvalue weighted by Crippen LogP contribution is -2.25. The lowest BCUT2D eigenvalue weighted by atomic mass is 10.2. The summed E-state index contributed by atoms with van der Waals surface area (Å²) in [6, 6.07) is 0. The molecule has 2 unspecified atom stereocenters. The van der Waals surface area contributed by atoms with Crippen molar-refractivity contribution in [3.05, 3.63) is 0 Å². The summed E-state index contributed by atoms with van der Waals surface area (Å²) in [6.45, 7) is 1.75. The summed E-state index contributed by atoms with van der Waals surface area (Å²) in [5.74, 6) is -0.212. The molecular weight excluding hydrogens is 144 g/mol. The van der Waals surface area contributed by atoms with E-state index in [0.717, 1.165) is 19.3 Å². The van der Waals surface area contributed by atoms with E-state index in [1.54, 1.807) is 6.92 Å². The van der Waals surface area contributed by atoms with E-state index in [0.29, 0.717) is 6.42 Å². The van der Waals surface area contributed by atoms with Gasteiger partial charge in [0.25, 0.3) is 0 Å². The Morgan fingerprint density at radius 3 is 2.82 bits per heavy atom. The molecule has 0 aliphatic heterocycles. The number of rotatable bonds is 2. The third-order valence-corrected chi connectivity index (χ3v) is 1.99. The van der Waals surface area contributed by atoms with Crippen LogP contribution in [0.3, 0.4) is 0 Å². The highest BCUT2D eigenvalue weighted by atomic mass is 16.6. The Hall–Kier alpha value is -0.570. The normalized spacial score (nSPS) is 30.4. The van der Waals surface area contributed by atoms with Crippen LogP contribution in [0.15, 0.2) is 0 Å². The predicted octanol–water partition coefficient (Wildman–Crippen LogP) is 0.853. The first kappa shape index (κ1) is 8.53. The molecule has 0 bridgehead atoms. The van der Waals surface area contributed by atoms with Gasteiger partial charge in [-0.3, -0.25) is 4.79 Å². The van der Waals surface area contributed by atoms with E-state index in [-0.39, 0.29) is 12.1 Å². The summed E-state index contributed by atoms with van der Waals surface area (Å²) in [4.78, 5) is 10.8. The van der Waals surface area contributed by atoms with Crippen LogP contribution in [0.4, 0.5) is 0 Å². The zero-order valence-electron chi connectivity index (χ0n) is 6.75. The molecule has 0 amide bonds. The minimum Gasteiger partial charge on any atom is -0.460 e. The first-order valence-corrected chi connectivity index (χ1v) is 4.11. The Bertz CT molecular complexity index is 144. The second-order valence-corrected chi connectivity index (χ2v) is 2.88. The van der Waals surface area contributed by atoms with Crippen LogP contribution < -0.4 is 0 Å². The standard InChI is InChI=1S/C8H14O3/c1-2-8(10)11-7-5-3-4-6(7)9/h6-7,9H,2-5H2,1H3. The minimum atomic E-state index is -0.425. The van der Waals surface area contributed by atoms with Gasteiger partial charge in [-0.1, -0.05) is 6.92 Å².